The molecule has 0 radical (unpaired) electrons. The number of carbonyl (C=O) groups excluding carboxylic acids is 2. The first-order valence-electron chi connectivity index (χ1n) is 7.72. The second kappa shape index (κ2) is 8.99. The number of oxime groups is 1. The Morgan fingerprint density at radius 1 is 1.23 bits per heavy atom. The Morgan fingerprint density at radius 3 is 2.62 bits per heavy atom. The molecule has 0 fully saturated rings. The molecule has 132 valence electrons. The molecule has 7 heteroatoms. The van der Waals surface area contributed by atoms with Crippen molar-refractivity contribution in [2.24, 2.45) is 5.16 Å². The number of rotatable bonds is 6. The van der Waals surface area contributed by atoms with Gasteiger partial charge >= 0.3 is 5.97 Å². The van der Waals surface area contributed by atoms with Crippen LogP contribution in [0.1, 0.15) is 28.4 Å². The van der Waals surface area contributed by atoms with Gasteiger partial charge in [0.1, 0.15) is 0 Å². The minimum absolute atomic E-state index is 0.390. The van der Waals surface area contributed by atoms with Gasteiger partial charge in [-0.2, -0.15) is 5.26 Å². The zero-order chi connectivity index (χ0) is 18.9. The lowest BCUT2D eigenvalue weighted by atomic mass is 10.1. The van der Waals surface area contributed by atoms with Gasteiger partial charge in [0.2, 0.25) is 6.10 Å². The van der Waals surface area contributed by atoms with E-state index in [1.54, 1.807) is 55.5 Å². The SMILES string of the molecule is COC(=O)c1ccc(/C=N/OC(C)C(=O)Nc2cccc(C#N)c2)cc1. The fourth-order valence-electron chi connectivity index (χ4n) is 1.96. The molecular formula is C19H17N3O4. The molecule has 0 aliphatic rings. The summed E-state index contributed by atoms with van der Waals surface area (Å²) in [6, 6.07) is 15.1. The lowest BCUT2D eigenvalue weighted by molar-refractivity contribution is -0.126. The van der Waals surface area contributed by atoms with E-state index in [0.717, 1.165) is 0 Å². The van der Waals surface area contributed by atoms with Crippen LogP contribution >= 0.6 is 0 Å². The van der Waals surface area contributed by atoms with Gasteiger partial charge in [-0.3, -0.25) is 4.79 Å². The molecule has 2 aromatic carbocycles. The summed E-state index contributed by atoms with van der Waals surface area (Å²) in [7, 11) is 1.31. The second-order valence-electron chi connectivity index (χ2n) is 5.28. The molecule has 2 rings (SSSR count). The van der Waals surface area contributed by atoms with Gasteiger partial charge in [-0.25, -0.2) is 4.79 Å². The predicted molar refractivity (Wildman–Crippen MR) is 95.7 cm³/mol. The molecule has 0 bridgehead atoms. The largest absolute Gasteiger partial charge is 0.465 e. The third-order valence-electron chi connectivity index (χ3n) is 3.38. The Kier molecular flexibility index (Phi) is 6.46. The predicted octanol–water partition coefficient (Wildman–Crippen LogP) is 2.72. The lowest BCUT2D eigenvalue weighted by Gasteiger charge is -2.10. The molecule has 0 aliphatic heterocycles. The summed E-state index contributed by atoms with van der Waals surface area (Å²) in [6.07, 6.45) is 0.604. The first-order chi connectivity index (χ1) is 12.5. The average molecular weight is 351 g/mol. The quantitative estimate of drug-likeness (QED) is 0.490. The molecule has 0 saturated heterocycles. The molecule has 1 unspecified atom stereocenters. The van der Waals surface area contributed by atoms with Crippen molar-refractivity contribution in [3.8, 4) is 6.07 Å². The van der Waals surface area contributed by atoms with E-state index in [-0.39, 0.29) is 0 Å². The molecular weight excluding hydrogens is 334 g/mol. The number of nitrogens with zero attached hydrogens (tertiary/aromatic N) is 2. The van der Waals surface area contributed by atoms with Crippen LogP contribution in [0, 0.1) is 11.3 Å². The number of hydrogen-bond acceptors (Lipinski definition) is 6. The molecule has 26 heavy (non-hydrogen) atoms. The van der Waals surface area contributed by atoms with Crippen molar-refractivity contribution in [2.45, 2.75) is 13.0 Å². The zero-order valence-corrected chi connectivity index (χ0v) is 14.3. The Morgan fingerprint density at radius 2 is 1.96 bits per heavy atom. The lowest BCUT2D eigenvalue weighted by Crippen LogP contribution is -2.26. The van der Waals surface area contributed by atoms with Crippen molar-refractivity contribution >= 4 is 23.8 Å². The van der Waals surface area contributed by atoms with Crippen LogP contribution in [0.25, 0.3) is 0 Å². The summed E-state index contributed by atoms with van der Waals surface area (Å²) in [4.78, 5) is 28.5. The number of benzene rings is 2. The van der Waals surface area contributed by atoms with E-state index >= 15 is 0 Å². The number of nitriles is 1. The van der Waals surface area contributed by atoms with Crippen LogP contribution in [0.3, 0.4) is 0 Å². The molecule has 0 aliphatic carbocycles. The van der Waals surface area contributed by atoms with Crippen LogP contribution in [-0.4, -0.2) is 31.3 Å². The Balaban J connectivity index is 1.89. The molecule has 0 spiro atoms. The number of hydrogen-bond donors (Lipinski definition) is 1. The van der Waals surface area contributed by atoms with Crippen molar-refractivity contribution in [1.82, 2.24) is 0 Å². The maximum atomic E-state index is 12.1. The highest BCUT2D eigenvalue weighted by Gasteiger charge is 2.14. The summed E-state index contributed by atoms with van der Waals surface area (Å²) >= 11 is 0. The molecule has 2 aromatic rings. The maximum Gasteiger partial charge on any atom is 0.337 e. The van der Waals surface area contributed by atoms with Crippen LogP contribution in [-0.2, 0) is 14.4 Å². The van der Waals surface area contributed by atoms with Crippen molar-refractivity contribution in [3.63, 3.8) is 0 Å². The second-order valence-corrected chi connectivity index (χ2v) is 5.28. The highest BCUT2D eigenvalue weighted by atomic mass is 16.6. The fraction of sp³-hybridized carbons (Fsp3) is 0.158. The van der Waals surface area contributed by atoms with Gasteiger partial charge in [0.05, 0.1) is 30.5 Å². The van der Waals surface area contributed by atoms with Gasteiger partial charge in [-0.1, -0.05) is 23.4 Å². The molecule has 1 amide bonds. The minimum Gasteiger partial charge on any atom is -0.465 e. The van der Waals surface area contributed by atoms with E-state index in [4.69, 9.17) is 10.1 Å². The van der Waals surface area contributed by atoms with Crippen molar-refractivity contribution in [3.05, 3.63) is 65.2 Å². The fourth-order valence-corrected chi connectivity index (χ4v) is 1.96. The molecule has 1 N–H and O–H groups in total. The minimum atomic E-state index is -0.827. The topological polar surface area (TPSA) is 101 Å². The number of nitrogens with one attached hydrogen (secondary N) is 1. The normalized spacial score (nSPS) is 11.4. The summed E-state index contributed by atoms with van der Waals surface area (Å²) in [6.45, 7) is 1.56. The average Bonchev–Trinajstić information content (AvgIpc) is 2.67. The van der Waals surface area contributed by atoms with Gasteiger partial charge in [0, 0.05) is 5.69 Å². The van der Waals surface area contributed by atoms with Gasteiger partial charge in [-0.05, 0) is 42.8 Å². The summed E-state index contributed by atoms with van der Waals surface area (Å²) in [5.41, 5.74) is 2.08. The maximum absolute atomic E-state index is 12.1. The molecule has 7 nitrogen and oxygen atoms in total. The van der Waals surface area contributed by atoms with Gasteiger partial charge < -0.3 is 14.9 Å². The number of methoxy groups -OCH3 is 1. The van der Waals surface area contributed by atoms with Crippen LogP contribution in [0.5, 0.6) is 0 Å². The van der Waals surface area contributed by atoms with E-state index in [1.165, 1.54) is 13.3 Å². The summed E-state index contributed by atoms with van der Waals surface area (Å²) in [5.74, 6) is -0.811. The van der Waals surface area contributed by atoms with Crippen LogP contribution in [0.4, 0.5) is 5.69 Å². The molecule has 1 atom stereocenters. The zero-order valence-electron chi connectivity index (χ0n) is 14.3. The first-order valence-corrected chi connectivity index (χ1v) is 7.72. The van der Waals surface area contributed by atoms with Crippen LogP contribution < -0.4 is 5.32 Å². The number of esters is 1. The standard InChI is InChI=1S/C19H17N3O4/c1-13(18(23)22-17-5-3-4-15(10-17)11-20)26-21-12-14-6-8-16(9-7-14)19(24)25-2/h3-10,12-13H,1-2H3,(H,22,23)/b21-12+. The Labute approximate surface area is 150 Å². The van der Waals surface area contributed by atoms with Crippen molar-refractivity contribution < 1.29 is 19.2 Å². The van der Waals surface area contributed by atoms with Gasteiger partial charge in [0.15, 0.2) is 0 Å². The van der Waals surface area contributed by atoms with Crippen molar-refractivity contribution in [1.29, 1.82) is 5.26 Å². The molecule has 0 saturated carbocycles. The van der Waals surface area contributed by atoms with Gasteiger partial charge in [0.25, 0.3) is 5.91 Å². The van der Waals surface area contributed by atoms with E-state index in [0.29, 0.717) is 22.4 Å². The number of amides is 1. The van der Waals surface area contributed by atoms with E-state index in [1.807, 2.05) is 6.07 Å². The highest BCUT2D eigenvalue weighted by molar-refractivity contribution is 5.94. The third-order valence-corrected chi connectivity index (χ3v) is 3.38. The smallest absolute Gasteiger partial charge is 0.337 e. The van der Waals surface area contributed by atoms with E-state index in [9.17, 15) is 9.59 Å². The summed E-state index contributed by atoms with van der Waals surface area (Å²) in [5, 5.41) is 15.3. The van der Waals surface area contributed by atoms with Crippen LogP contribution in [0.15, 0.2) is 53.7 Å². The Hall–Kier alpha value is -3.66. The molecule has 0 aromatic heterocycles. The summed E-state index contributed by atoms with van der Waals surface area (Å²) < 4.78 is 4.62. The van der Waals surface area contributed by atoms with Gasteiger partial charge in [-0.15, -0.1) is 0 Å². The van der Waals surface area contributed by atoms with E-state index in [2.05, 4.69) is 15.2 Å². The number of anilines is 1. The van der Waals surface area contributed by atoms with E-state index < -0.39 is 18.0 Å². The Bertz CT molecular complexity index is 854. The van der Waals surface area contributed by atoms with Crippen LogP contribution in [0.2, 0.25) is 0 Å². The third kappa shape index (κ3) is 5.18. The number of carbonyl (C=O) groups is 2. The first kappa shape index (κ1) is 18.7. The highest BCUT2D eigenvalue weighted by Crippen LogP contribution is 2.11. The molecule has 0 heterocycles. The number of ether oxygens (including phenoxy) is 1. The van der Waals surface area contributed by atoms with Crippen molar-refractivity contribution in [2.75, 3.05) is 12.4 Å². The monoisotopic (exact) mass is 351 g/mol.